The molecule has 0 saturated carbocycles. The van der Waals surface area contributed by atoms with Gasteiger partial charge in [-0.1, -0.05) is 24.3 Å². The first-order valence-electron chi connectivity index (χ1n) is 18.5. The van der Waals surface area contributed by atoms with Crippen LogP contribution in [0.15, 0.2) is 54.7 Å². The molecule has 0 spiro atoms. The number of unbranched alkanes of at least 4 members (excludes halogenated alkanes) is 2. The van der Waals surface area contributed by atoms with Crippen molar-refractivity contribution in [3.63, 3.8) is 0 Å². The van der Waals surface area contributed by atoms with Crippen LogP contribution >= 0.6 is 0 Å². The van der Waals surface area contributed by atoms with Crippen LogP contribution in [0.1, 0.15) is 69.2 Å². The lowest BCUT2D eigenvalue weighted by molar-refractivity contribution is -0.140. The van der Waals surface area contributed by atoms with Gasteiger partial charge in [-0.15, -0.1) is 5.10 Å². The van der Waals surface area contributed by atoms with Gasteiger partial charge in [-0.25, -0.2) is 0 Å². The maximum atomic E-state index is 14.3. The summed E-state index contributed by atoms with van der Waals surface area (Å²) >= 11 is 0. The number of nitrogens with one attached hydrogen (secondary N) is 1. The Morgan fingerprint density at radius 2 is 1.89 bits per heavy atom. The SMILES string of the molecule is CCOc1ccc2c(c1)CC(NCCCCO)C(=O)N2c1ccc2c(c1)[C@](O)([C@@H](C)/C=C/CCn1cc(CCO)nn1)C(=O)N2CCCCC(=O)OC. The number of nitrogens with zero attached hydrogens (tertiary/aromatic N) is 5. The number of methoxy groups -OCH3 is 1. The molecule has 0 bridgehead atoms. The Kier molecular flexibility index (Phi) is 13.8. The Hall–Kier alpha value is -4.63. The summed E-state index contributed by atoms with van der Waals surface area (Å²) in [6, 6.07) is 10.4. The first-order chi connectivity index (χ1) is 25.7. The molecule has 14 heteroatoms. The van der Waals surface area contributed by atoms with E-state index >= 15 is 0 Å². The highest BCUT2D eigenvalue weighted by atomic mass is 16.5. The molecular formula is C39H52N6O8. The number of fused-ring (bicyclic) bond motifs is 2. The van der Waals surface area contributed by atoms with Gasteiger partial charge in [-0.05, 0) is 94.0 Å². The number of allylic oxidation sites excluding steroid dienone is 1. The zero-order chi connectivity index (χ0) is 38.0. The van der Waals surface area contributed by atoms with E-state index in [0.29, 0.717) is 98.7 Å². The number of ether oxygens (including phenoxy) is 2. The van der Waals surface area contributed by atoms with Crippen molar-refractivity contribution in [2.24, 2.45) is 5.92 Å². The van der Waals surface area contributed by atoms with E-state index in [2.05, 4.69) is 15.6 Å². The van der Waals surface area contributed by atoms with Gasteiger partial charge in [0.1, 0.15) is 5.75 Å². The Morgan fingerprint density at radius 1 is 1.08 bits per heavy atom. The maximum absolute atomic E-state index is 14.3. The summed E-state index contributed by atoms with van der Waals surface area (Å²) < 4.78 is 12.2. The number of aliphatic hydroxyl groups is 3. The molecule has 53 heavy (non-hydrogen) atoms. The number of esters is 1. The van der Waals surface area contributed by atoms with E-state index in [-0.39, 0.29) is 38.1 Å². The third kappa shape index (κ3) is 8.95. The zero-order valence-electron chi connectivity index (χ0n) is 30.9. The molecule has 1 aromatic heterocycles. The van der Waals surface area contributed by atoms with E-state index in [9.17, 15) is 29.7 Å². The predicted molar refractivity (Wildman–Crippen MR) is 199 cm³/mol. The minimum absolute atomic E-state index is 0.00954. The molecular weight excluding hydrogens is 680 g/mol. The van der Waals surface area contributed by atoms with Crippen molar-refractivity contribution in [3.8, 4) is 5.75 Å². The highest BCUT2D eigenvalue weighted by Crippen LogP contribution is 2.48. The number of carbonyl (C=O) groups excluding carboxylic acids is 3. The summed E-state index contributed by atoms with van der Waals surface area (Å²) in [5.41, 5.74) is 1.84. The van der Waals surface area contributed by atoms with Crippen LogP contribution in [0, 0.1) is 5.92 Å². The summed E-state index contributed by atoms with van der Waals surface area (Å²) in [5.74, 6) is -0.911. The van der Waals surface area contributed by atoms with Gasteiger partial charge in [0.2, 0.25) is 5.91 Å². The molecule has 3 heterocycles. The van der Waals surface area contributed by atoms with E-state index in [4.69, 9.17) is 9.47 Å². The maximum Gasteiger partial charge on any atom is 0.305 e. The standard InChI is InChI=1S/C39H52N6O8/c1-4-53-31-14-16-34-28(23-31)24-33(40-18-7-10-21-46)37(49)45(34)30-13-15-35-32(25-30)39(51,38(50)44(35)20-9-6-12-36(48)52-3)27(2)11-5-8-19-43-26-29(17-22-47)41-42-43/h5,11,13-16,23,25-27,33,40,46-47,51H,4,6-10,12,17-22,24H2,1-3H3/b11-5+/t27-,33?,39+/m0/s1. The Balaban J connectivity index is 1.47. The molecule has 3 aromatic rings. The number of aliphatic hydroxyl groups excluding tert-OH is 2. The number of rotatable bonds is 20. The molecule has 4 N–H and O–H groups in total. The fraction of sp³-hybridized carbons (Fsp3) is 0.513. The predicted octanol–water partition coefficient (Wildman–Crippen LogP) is 3.32. The Bertz CT molecular complexity index is 1760. The van der Waals surface area contributed by atoms with E-state index in [1.54, 1.807) is 45.8 Å². The molecule has 286 valence electrons. The molecule has 1 unspecified atom stereocenters. The van der Waals surface area contributed by atoms with E-state index in [1.807, 2.05) is 37.3 Å². The third-order valence-electron chi connectivity index (χ3n) is 9.83. The van der Waals surface area contributed by atoms with Gasteiger partial charge >= 0.3 is 5.97 Å². The molecule has 0 fully saturated rings. The third-order valence-corrected chi connectivity index (χ3v) is 9.83. The van der Waals surface area contributed by atoms with Crippen molar-refractivity contribution in [1.82, 2.24) is 20.3 Å². The lowest BCUT2D eigenvalue weighted by Gasteiger charge is -2.35. The van der Waals surface area contributed by atoms with E-state index in [0.717, 1.165) is 5.56 Å². The summed E-state index contributed by atoms with van der Waals surface area (Å²) in [6.07, 6.45) is 9.53. The number of anilines is 3. The fourth-order valence-electron chi connectivity index (χ4n) is 6.98. The van der Waals surface area contributed by atoms with Crippen LogP contribution in [0.3, 0.4) is 0 Å². The monoisotopic (exact) mass is 732 g/mol. The van der Waals surface area contributed by atoms with Crippen molar-refractivity contribution in [3.05, 3.63) is 71.6 Å². The Labute approximate surface area is 310 Å². The van der Waals surface area contributed by atoms with Crippen LogP contribution in [0.4, 0.5) is 17.1 Å². The van der Waals surface area contributed by atoms with Crippen LogP contribution in [0.2, 0.25) is 0 Å². The molecule has 14 nitrogen and oxygen atoms in total. The topological polar surface area (TPSA) is 180 Å². The lowest BCUT2D eigenvalue weighted by atomic mass is 9.82. The highest BCUT2D eigenvalue weighted by Gasteiger charge is 2.52. The molecule has 3 atom stereocenters. The van der Waals surface area contributed by atoms with Gasteiger partial charge in [0, 0.05) is 62.5 Å². The number of aromatic nitrogens is 3. The first-order valence-corrected chi connectivity index (χ1v) is 18.5. The van der Waals surface area contributed by atoms with Crippen LogP contribution in [-0.4, -0.2) is 94.2 Å². The second-order valence-corrected chi connectivity index (χ2v) is 13.4. The lowest BCUT2D eigenvalue weighted by Crippen LogP contribution is -2.49. The molecule has 0 radical (unpaired) electrons. The summed E-state index contributed by atoms with van der Waals surface area (Å²) in [7, 11) is 1.34. The molecule has 2 amide bonds. The van der Waals surface area contributed by atoms with Crippen LogP contribution in [-0.2, 0) is 44.1 Å². The summed E-state index contributed by atoms with van der Waals surface area (Å²) in [6.45, 7) is 5.64. The normalized spacial score (nSPS) is 18.8. The average molecular weight is 733 g/mol. The van der Waals surface area contributed by atoms with Gasteiger partial charge in [-0.2, -0.15) is 0 Å². The van der Waals surface area contributed by atoms with Crippen molar-refractivity contribution < 1.29 is 39.2 Å². The minimum Gasteiger partial charge on any atom is -0.494 e. The Morgan fingerprint density at radius 3 is 2.64 bits per heavy atom. The van der Waals surface area contributed by atoms with Crippen LogP contribution in [0.25, 0.3) is 0 Å². The molecule has 0 saturated heterocycles. The number of benzene rings is 2. The van der Waals surface area contributed by atoms with Gasteiger partial charge in [0.25, 0.3) is 5.91 Å². The van der Waals surface area contributed by atoms with Crippen molar-refractivity contribution in [1.29, 1.82) is 0 Å². The van der Waals surface area contributed by atoms with Crippen molar-refractivity contribution in [2.75, 3.05) is 49.8 Å². The number of carbonyl (C=O) groups is 3. The van der Waals surface area contributed by atoms with Gasteiger partial charge < -0.3 is 35.0 Å². The highest BCUT2D eigenvalue weighted by molar-refractivity contribution is 6.10. The first kappa shape index (κ1) is 39.6. The number of hydrogen-bond acceptors (Lipinski definition) is 11. The second-order valence-electron chi connectivity index (χ2n) is 13.4. The second kappa shape index (κ2) is 18.4. The number of amides is 2. The number of aryl methyl sites for hydroxylation is 1. The van der Waals surface area contributed by atoms with Crippen molar-refractivity contribution in [2.45, 2.75) is 83.4 Å². The number of hydrogen-bond donors (Lipinski definition) is 4. The van der Waals surface area contributed by atoms with E-state index < -0.39 is 23.5 Å². The molecule has 2 aliphatic heterocycles. The largest absolute Gasteiger partial charge is 0.494 e. The molecule has 0 aliphatic carbocycles. The molecule has 2 aliphatic rings. The quantitative estimate of drug-likeness (QED) is 0.0761. The molecule has 2 aromatic carbocycles. The van der Waals surface area contributed by atoms with Crippen LogP contribution in [0.5, 0.6) is 5.75 Å². The van der Waals surface area contributed by atoms with Gasteiger partial charge in [0.05, 0.1) is 36.8 Å². The average Bonchev–Trinajstić information content (AvgIpc) is 3.69. The summed E-state index contributed by atoms with van der Waals surface area (Å²) in [4.78, 5) is 43.5. The van der Waals surface area contributed by atoms with Crippen LogP contribution < -0.4 is 19.9 Å². The minimum atomic E-state index is -1.94. The zero-order valence-corrected chi connectivity index (χ0v) is 30.9. The fourth-order valence-corrected chi connectivity index (χ4v) is 6.98. The smallest absolute Gasteiger partial charge is 0.305 e. The van der Waals surface area contributed by atoms with E-state index in [1.165, 1.54) is 7.11 Å². The molecule has 5 rings (SSSR count). The van der Waals surface area contributed by atoms with Gasteiger partial charge in [-0.3, -0.25) is 24.0 Å². The summed E-state index contributed by atoms with van der Waals surface area (Å²) in [5, 5.41) is 42.5. The van der Waals surface area contributed by atoms with Crippen molar-refractivity contribution >= 4 is 34.8 Å². The van der Waals surface area contributed by atoms with Gasteiger partial charge in [0.15, 0.2) is 5.60 Å².